The van der Waals surface area contributed by atoms with Crippen LogP contribution in [0, 0.1) is 23.7 Å². The zero-order chi connectivity index (χ0) is 20.1. The molecule has 5 heteroatoms. The van der Waals surface area contributed by atoms with Gasteiger partial charge in [0.05, 0.1) is 24.2 Å². The second-order valence-corrected chi connectivity index (χ2v) is 8.27. The van der Waals surface area contributed by atoms with E-state index in [4.69, 9.17) is 4.74 Å². The number of allylic oxidation sites excluding steroid dienone is 2. The molecule has 2 aliphatic carbocycles. The summed E-state index contributed by atoms with van der Waals surface area (Å²) in [5.74, 6) is 0.265. The lowest BCUT2D eigenvalue weighted by molar-refractivity contribution is -0.140. The molecule has 5 rings (SSSR count). The van der Waals surface area contributed by atoms with Crippen molar-refractivity contribution in [1.29, 1.82) is 0 Å². The van der Waals surface area contributed by atoms with Crippen LogP contribution in [0.1, 0.15) is 32.3 Å². The van der Waals surface area contributed by atoms with Gasteiger partial charge in [0.1, 0.15) is 5.75 Å². The van der Waals surface area contributed by atoms with Crippen LogP contribution >= 0.6 is 0 Å². The molecule has 1 saturated heterocycles. The number of rotatable bonds is 5. The summed E-state index contributed by atoms with van der Waals surface area (Å²) in [5, 5.41) is 7.52. The average molecular weight is 388 g/mol. The highest BCUT2D eigenvalue weighted by molar-refractivity contribution is 6.08. The molecule has 5 atom stereocenters. The Bertz CT molecular complexity index is 1030. The zero-order valence-electron chi connectivity index (χ0n) is 16.6. The van der Waals surface area contributed by atoms with Crippen molar-refractivity contribution < 1.29 is 14.3 Å². The molecule has 3 aliphatic rings. The van der Waals surface area contributed by atoms with E-state index in [9.17, 15) is 9.59 Å². The minimum atomic E-state index is -0.238. The number of hydrogen-bond acceptors (Lipinski definition) is 4. The third-order valence-corrected chi connectivity index (χ3v) is 6.58. The summed E-state index contributed by atoms with van der Waals surface area (Å²) in [7, 11) is 0. The molecule has 2 amide bonds. The Kier molecular flexibility index (Phi) is 4.26. The van der Waals surface area contributed by atoms with E-state index in [-0.39, 0.29) is 41.6 Å². The molecule has 29 heavy (non-hydrogen) atoms. The second kappa shape index (κ2) is 6.83. The number of carbonyl (C=O) groups excluding carboxylic acids is 2. The quantitative estimate of drug-likeness (QED) is 0.439. The summed E-state index contributed by atoms with van der Waals surface area (Å²) in [4.78, 5) is 25.8. The van der Waals surface area contributed by atoms with Crippen molar-refractivity contribution in [3.63, 3.8) is 0 Å². The number of hydrazone groups is 1. The fourth-order valence-corrected chi connectivity index (χ4v) is 4.93. The van der Waals surface area contributed by atoms with Gasteiger partial charge in [-0.05, 0) is 48.4 Å². The van der Waals surface area contributed by atoms with Crippen molar-refractivity contribution >= 4 is 28.8 Å². The van der Waals surface area contributed by atoms with Gasteiger partial charge in [0.25, 0.3) is 11.8 Å². The number of fused-ring (bicyclic) bond motifs is 6. The fourth-order valence-electron chi connectivity index (χ4n) is 4.93. The number of nitrogens with zero attached hydrogens (tertiary/aromatic N) is 2. The van der Waals surface area contributed by atoms with Crippen molar-refractivity contribution in [3.05, 3.63) is 54.1 Å². The summed E-state index contributed by atoms with van der Waals surface area (Å²) in [6.07, 6.45) is 7.65. The average Bonchev–Trinajstić information content (AvgIpc) is 3.41. The zero-order valence-corrected chi connectivity index (χ0v) is 16.6. The van der Waals surface area contributed by atoms with Crippen LogP contribution in [0.15, 0.2) is 53.7 Å². The van der Waals surface area contributed by atoms with E-state index in [1.54, 1.807) is 6.21 Å². The monoisotopic (exact) mass is 388 g/mol. The Morgan fingerprint density at radius 2 is 1.79 bits per heavy atom. The smallest absolute Gasteiger partial charge is 0.254 e. The van der Waals surface area contributed by atoms with Gasteiger partial charge in [-0.25, -0.2) is 0 Å². The summed E-state index contributed by atoms with van der Waals surface area (Å²) in [6, 6.07) is 11.9. The van der Waals surface area contributed by atoms with Gasteiger partial charge in [0.2, 0.25) is 0 Å². The molecule has 0 unspecified atom stereocenters. The lowest BCUT2D eigenvalue weighted by Gasteiger charge is -2.17. The first-order valence-corrected chi connectivity index (χ1v) is 10.4. The lowest BCUT2D eigenvalue weighted by Crippen LogP contribution is -2.28. The van der Waals surface area contributed by atoms with E-state index >= 15 is 0 Å². The van der Waals surface area contributed by atoms with Crippen molar-refractivity contribution in [2.45, 2.75) is 32.8 Å². The van der Waals surface area contributed by atoms with Gasteiger partial charge in [0, 0.05) is 5.56 Å². The summed E-state index contributed by atoms with van der Waals surface area (Å²) in [5.41, 5.74) is 0.794. The van der Waals surface area contributed by atoms with E-state index in [0.717, 1.165) is 34.2 Å². The lowest BCUT2D eigenvalue weighted by atomic mass is 9.85. The third-order valence-electron chi connectivity index (χ3n) is 6.58. The highest BCUT2D eigenvalue weighted by Gasteiger charge is 2.59. The van der Waals surface area contributed by atoms with Crippen molar-refractivity contribution in [3.8, 4) is 5.75 Å². The molecule has 2 aromatic carbocycles. The number of amides is 2. The highest BCUT2D eigenvalue weighted by atomic mass is 16.5. The third kappa shape index (κ3) is 2.79. The Hall–Kier alpha value is -2.95. The van der Waals surface area contributed by atoms with E-state index in [1.165, 1.54) is 0 Å². The van der Waals surface area contributed by atoms with Gasteiger partial charge >= 0.3 is 0 Å². The van der Waals surface area contributed by atoms with Crippen LogP contribution in [0.3, 0.4) is 0 Å². The SMILES string of the molecule is CC[C@@H](C)Oc1ccc2ccccc2c1C=NN1C(=O)[C@@H]2[C@H](C1=O)[C@H]1C=C[C@H]2C1. The molecule has 148 valence electrons. The largest absolute Gasteiger partial charge is 0.490 e. The Labute approximate surface area is 170 Å². The van der Waals surface area contributed by atoms with Crippen LogP contribution in [-0.2, 0) is 9.59 Å². The van der Waals surface area contributed by atoms with Crippen molar-refractivity contribution in [2.75, 3.05) is 0 Å². The predicted molar refractivity (Wildman–Crippen MR) is 111 cm³/mol. The number of imide groups is 1. The summed E-state index contributed by atoms with van der Waals surface area (Å²) < 4.78 is 6.10. The van der Waals surface area contributed by atoms with Gasteiger partial charge < -0.3 is 4.74 Å². The van der Waals surface area contributed by atoms with E-state index in [1.807, 2.05) is 43.3 Å². The van der Waals surface area contributed by atoms with Gasteiger partial charge in [-0.15, -0.1) is 0 Å². The minimum absolute atomic E-state index is 0.0550. The van der Waals surface area contributed by atoms with E-state index in [0.29, 0.717) is 5.75 Å². The molecule has 2 aromatic rings. The molecule has 5 nitrogen and oxygen atoms in total. The van der Waals surface area contributed by atoms with Crippen LogP contribution in [-0.4, -0.2) is 29.1 Å². The highest BCUT2D eigenvalue weighted by Crippen LogP contribution is 2.52. The predicted octanol–water partition coefficient (Wildman–Crippen LogP) is 4.16. The molecule has 2 bridgehead atoms. The first-order valence-electron chi connectivity index (χ1n) is 10.4. The number of benzene rings is 2. The number of hydrogen-bond donors (Lipinski definition) is 0. The van der Waals surface area contributed by atoms with Crippen LogP contribution in [0.2, 0.25) is 0 Å². The summed E-state index contributed by atoms with van der Waals surface area (Å²) in [6.45, 7) is 4.09. The van der Waals surface area contributed by atoms with E-state index < -0.39 is 0 Å². The van der Waals surface area contributed by atoms with Crippen molar-refractivity contribution in [1.82, 2.24) is 5.01 Å². The molecule has 1 aliphatic heterocycles. The Morgan fingerprint density at radius 1 is 1.10 bits per heavy atom. The Morgan fingerprint density at radius 3 is 2.48 bits per heavy atom. The van der Waals surface area contributed by atoms with Gasteiger partial charge in [0.15, 0.2) is 0 Å². The van der Waals surface area contributed by atoms with Gasteiger partial charge in [-0.1, -0.05) is 49.4 Å². The molecule has 1 saturated carbocycles. The maximum atomic E-state index is 12.9. The van der Waals surface area contributed by atoms with Gasteiger partial charge in [-0.3, -0.25) is 9.59 Å². The minimum Gasteiger partial charge on any atom is -0.490 e. The fraction of sp³-hybridized carbons (Fsp3) is 0.375. The molecule has 1 heterocycles. The van der Waals surface area contributed by atoms with Crippen LogP contribution in [0.4, 0.5) is 0 Å². The van der Waals surface area contributed by atoms with Crippen LogP contribution in [0.25, 0.3) is 10.8 Å². The molecule has 0 spiro atoms. The normalized spacial score (nSPS) is 28.7. The van der Waals surface area contributed by atoms with Crippen molar-refractivity contribution in [2.24, 2.45) is 28.8 Å². The summed E-state index contributed by atoms with van der Waals surface area (Å²) >= 11 is 0. The van der Waals surface area contributed by atoms with Gasteiger partial charge in [-0.2, -0.15) is 10.1 Å². The van der Waals surface area contributed by atoms with E-state index in [2.05, 4.69) is 24.2 Å². The molecule has 0 radical (unpaired) electrons. The molecular weight excluding hydrogens is 364 g/mol. The number of carbonyl (C=O) groups is 2. The van der Waals surface area contributed by atoms with Crippen LogP contribution < -0.4 is 4.74 Å². The van der Waals surface area contributed by atoms with Crippen LogP contribution in [0.5, 0.6) is 5.75 Å². The molecule has 0 N–H and O–H groups in total. The maximum absolute atomic E-state index is 12.9. The number of ether oxygens (including phenoxy) is 1. The standard InChI is InChI=1S/C24H24N2O3/c1-3-14(2)29-20-11-10-15-6-4-5-7-18(15)19(20)13-25-26-23(27)21-16-8-9-17(12-16)22(21)24(26)28/h4-11,13-14,16-17,21-22H,3,12H2,1-2H3/t14-,16+,17+,21-,22+/m1/s1. The maximum Gasteiger partial charge on any atom is 0.254 e. The second-order valence-electron chi connectivity index (χ2n) is 8.27. The first kappa shape index (κ1) is 18.1. The Balaban J connectivity index is 1.51. The first-order chi connectivity index (χ1) is 14.1. The molecule has 2 fully saturated rings. The molecule has 0 aromatic heterocycles. The topological polar surface area (TPSA) is 59.0 Å². The molecular formula is C24H24N2O3.